The van der Waals surface area contributed by atoms with Crippen LogP contribution >= 0.6 is 34.3 Å². The molecule has 1 saturated heterocycles. The standard InChI is InChI=1S/C21H18ClN5O3S2/c1-30-20(29)12-4-6-27(7-5-12)17-3-2-13(10-24-17)19(28)26-21-25-18(16(9-23)32-21)15-8-14(22)11-31-15/h2-3,8,10-12H,4-7H2,1H3,(H,25,26,28). The van der Waals surface area contributed by atoms with E-state index in [4.69, 9.17) is 16.3 Å². The monoisotopic (exact) mass is 487 g/mol. The maximum atomic E-state index is 12.7. The maximum Gasteiger partial charge on any atom is 0.308 e. The third kappa shape index (κ3) is 4.75. The summed E-state index contributed by atoms with van der Waals surface area (Å²) in [6.07, 6.45) is 2.93. The van der Waals surface area contributed by atoms with Crippen molar-refractivity contribution >= 4 is 57.1 Å². The van der Waals surface area contributed by atoms with Crippen LogP contribution in [0.2, 0.25) is 5.02 Å². The molecule has 164 valence electrons. The van der Waals surface area contributed by atoms with E-state index in [2.05, 4.69) is 26.3 Å². The van der Waals surface area contributed by atoms with Crippen molar-refractivity contribution in [3.05, 3.63) is 45.2 Å². The second kappa shape index (κ2) is 9.65. The van der Waals surface area contributed by atoms with Gasteiger partial charge in [-0.2, -0.15) is 5.26 Å². The Bertz CT molecular complexity index is 1180. The molecule has 1 aliphatic rings. The summed E-state index contributed by atoms with van der Waals surface area (Å²) >= 11 is 8.47. The third-order valence-corrected chi connectivity index (χ3v) is 7.27. The zero-order chi connectivity index (χ0) is 22.7. The van der Waals surface area contributed by atoms with Crippen LogP contribution < -0.4 is 10.2 Å². The summed E-state index contributed by atoms with van der Waals surface area (Å²) in [5.41, 5.74) is 0.890. The largest absolute Gasteiger partial charge is 0.469 e. The van der Waals surface area contributed by atoms with Gasteiger partial charge < -0.3 is 9.64 Å². The Labute approximate surface area is 197 Å². The van der Waals surface area contributed by atoms with Crippen LogP contribution in [0.4, 0.5) is 10.9 Å². The Balaban J connectivity index is 1.41. The zero-order valence-electron chi connectivity index (χ0n) is 17.0. The van der Waals surface area contributed by atoms with Gasteiger partial charge in [0.1, 0.15) is 22.5 Å². The number of esters is 1. The van der Waals surface area contributed by atoms with E-state index < -0.39 is 0 Å². The quantitative estimate of drug-likeness (QED) is 0.530. The van der Waals surface area contributed by atoms with Gasteiger partial charge in [0.15, 0.2) is 5.13 Å². The number of halogens is 1. The molecular formula is C21H18ClN5O3S2. The molecular weight excluding hydrogens is 470 g/mol. The van der Waals surface area contributed by atoms with E-state index in [1.165, 1.54) is 24.6 Å². The van der Waals surface area contributed by atoms with Crippen molar-refractivity contribution in [2.75, 3.05) is 30.4 Å². The van der Waals surface area contributed by atoms with Gasteiger partial charge in [0.05, 0.1) is 28.5 Å². The topological polar surface area (TPSA) is 108 Å². The Morgan fingerprint density at radius 3 is 2.72 bits per heavy atom. The molecule has 0 radical (unpaired) electrons. The predicted octanol–water partition coefficient (Wildman–Crippen LogP) is 4.43. The van der Waals surface area contributed by atoms with Gasteiger partial charge in [-0.3, -0.25) is 14.9 Å². The second-order valence-corrected chi connectivity index (χ2v) is 9.43. The van der Waals surface area contributed by atoms with E-state index in [1.807, 2.05) is 0 Å². The first-order valence-electron chi connectivity index (χ1n) is 9.74. The third-order valence-electron chi connectivity index (χ3n) is 5.11. The van der Waals surface area contributed by atoms with Crippen LogP contribution in [0.15, 0.2) is 29.8 Å². The summed E-state index contributed by atoms with van der Waals surface area (Å²) in [4.78, 5) is 36.4. The summed E-state index contributed by atoms with van der Waals surface area (Å²) in [5, 5.41) is 14.8. The fourth-order valence-corrected chi connectivity index (χ4v) is 5.35. The lowest BCUT2D eigenvalue weighted by molar-refractivity contribution is -0.146. The number of rotatable bonds is 5. The highest BCUT2D eigenvalue weighted by molar-refractivity contribution is 7.18. The first-order chi connectivity index (χ1) is 15.5. The van der Waals surface area contributed by atoms with E-state index in [0.29, 0.717) is 52.2 Å². The van der Waals surface area contributed by atoms with Crippen LogP contribution in [-0.4, -0.2) is 42.0 Å². The Morgan fingerprint density at radius 1 is 1.34 bits per heavy atom. The van der Waals surface area contributed by atoms with Crippen LogP contribution in [0, 0.1) is 17.2 Å². The van der Waals surface area contributed by atoms with Gasteiger partial charge in [-0.1, -0.05) is 22.9 Å². The molecule has 4 rings (SSSR count). The minimum absolute atomic E-state index is 0.0759. The highest BCUT2D eigenvalue weighted by Gasteiger charge is 2.26. The number of carbonyl (C=O) groups is 2. The molecule has 1 fully saturated rings. The van der Waals surface area contributed by atoms with Crippen LogP contribution in [0.3, 0.4) is 0 Å². The van der Waals surface area contributed by atoms with E-state index in [9.17, 15) is 14.9 Å². The molecule has 0 aromatic carbocycles. The lowest BCUT2D eigenvalue weighted by Crippen LogP contribution is -2.37. The van der Waals surface area contributed by atoms with E-state index in [0.717, 1.165) is 22.0 Å². The van der Waals surface area contributed by atoms with Crippen molar-refractivity contribution in [1.82, 2.24) is 9.97 Å². The molecule has 0 spiro atoms. The van der Waals surface area contributed by atoms with Gasteiger partial charge in [-0.25, -0.2) is 9.97 Å². The molecule has 0 saturated carbocycles. The second-order valence-electron chi connectivity index (χ2n) is 7.08. The highest BCUT2D eigenvalue weighted by atomic mass is 35.5. The number of thiophene rings is 1. The van der Waals surface area contributed by atoms with Crippen molar-refractivity contribution < 1.29 is 14.3 Å². The fraction of sp³-hybridized carbons (Fsp3) is 0.286. The van der Waals surface area contributed by atoms with Crippen molar-refractivity contribution in [2.45, 2.75) is 12.8 Å². The van der Waals surface area contributed by atoms with Gasteiger partial charge in [0.25, 0.3) is 5.91 Å². The molecule has 1 amide bonds. The number of ether oxygens (including phenoxy) is 1. The number of anilines is 2. The molecule has 0 bridgehead atoms. The van der Waals surface area contributed by atoms with Crippen LogP contribution in [0.1, 0.15) is 28.1 Å². The highest BCUT2D eigenvalue weighted by Crippen LogP contribution is 2.35. The van der Waals surface area contributed by atoms with Crippen molar-refractivity contribution in [2.24, 2.45) is 5.92 Å². The van der Waals surface area contributed by atoms with Crippen molar-refractivity contribution in [3.63, 3.8) is 0 Å². The summed E-state index contributed by atoms with van der Waals surface area (Å²) in [5.74, 6) is 0.148. The zero-order valence-corrected chi connectivity index (χ0v) is 19.4. The Hall–Kier alpha value is -3.00. The summed E-state index contributed by atoms with van der Waals surface area (Å²) < 4.78 is 4.82. The minimum Gasteiger partial charge on any atom is -0.469 e. The average molecular weight is 488 g/mol. The number of hydrogen-bond donors (Lipinski definition) is 1. The smallest absolute Gasteiger partial charge is 0.308 e. The van der Waals surface area contributed by atoms with Crippen LogP contribution in [0.25, 0.3) is 10.6 Å². The first-order valence-corrected chi connectivity index (χ1v) is 11.8. The van der Waals surface area contributed by atoms with Gasteiger partial charge in [-0.15, -0.1) is 11.3 Å². The lowest BCUT2D eigenvalue weighted by atomic mass is 9.97. The number of aromatic nitrogens is 2. The van der Waals surface area contributed by atoms with Gasteiger partial charge >= 0.3 is 5.97 Å². The molecule has 3 aromatic heterocycles. The molecule has 4 heterocycles. The predicted molar refractivity (Wildman–Crippen MR) is 124 cm³/mol. The maximum absolute atomic E-state index is 12.7. The van der Waals surface area contributed by atoms with Crippen LogP contribution in [0.5, 0.6) is 0 Å². The average Bonchev–Trinajstić information content (AvgIpc) is 3.44. The van der Waals surface area contributed by atoms with E-state index in [1.54, 1.807) is 23.6 Å². The number of nitrogens with one attached hydrogen (secondary N) is 1. The number of methoxy groups -OCH3 is 1. The number of hydrogen-bond acceptors (Lipinski definition) is 9. The summed E-state index contributed by atoms with van der Waals surface area (Å²) in [6, 6.07) is 7.34. The Kier molecular flexibility index (Phi) is 6.69. The number of pyridine rings is 1. The van der Waals surface area contributed by atoms with Crippen molar-refractivity contribution in [3.8, 4) is 16.6 Å². The summed E-state index contributed by atoms with van der Waals surface area (Å²) in [6.45, 7) is 1.40. The van der Waals surface area contributed by atoms with E-state index >= 15 is 0 Å². The molecule has 0 atom stereocenters. The van der Waals surface area contributed by atoms with E-state index in [-0.39, 0.29) is 17.8 Å². The number of nitrogens with zero attached hydrogens (tertiary/aromatic N) is 4. The number of amides is 1. The lowest BCUT2D eigenvalue weighted by Gasteiger charge is -2.31. The SMILES string of the molecule is COC(=O)C1CCN(c2ccc(C(=O)Nc3nc(-c4cc(Cl)cs4)c(C#N)s3)cn2)CC1. The number of nitriles is 1. The molecule has 11 heteroatoms. The normalized spacial score (nSPS) is 14.1. The van der Waals surface area contributed by atoms with Gasteiger partial charge in [0.2, 0.25) is 0 Å². The number of thiazole rings is 1. The number of carbonyl (C=O) groups excluding carboxylic acids is 2. The summed E-state index contributed by atoms with van der Waals surface area (Å²) in [7, 11) is 1.41. The molecule has 1 N–H and O–H groups in total. The molecule has 0 unspecified atom stereocenters. The molecule has 32 heavy (non-hydrogen) atoms. The molecule has 8 nitrogen and oxygen atoms in total. The molecule has 0 aliphatic carbocycles. The fourth-order valence-electron chi connectivity index (χ4n) is 3.44. The first kappa shape index (κ1) is 22.2. The molecule has 1 aliphatic heterocycles. The minimum atomic E-state index is -0.359. The Morgan fingerprint density at radius 2 is 2.12 bits per heavy atom. The van der Waals surface area contributed by atoms with Crippen LogP contribution in [-0.2, 0) is 9.53 Å². The molecule has 3 aromatic rings. The van der Waals surface area contributed by atoms with Crippen molar-refractivity contribution in [1.29, 1.82) is 5.26 Å². The number of piperidine rings is 1. The van der Waals surface area contributed by atoms with Gasteiger partial charge in [-0.05, 0) is 31.0 Å². The van der Waals surface area contributed by atoms with Gasteiger partial charge in [0, 0.05) is 24.7 Å².